The lowest BCUT2D eigenvalue weighted by Gasteiger charge is -2.37. The Labute approximate surface area is 121 Å². The third kappa shape index (κ3) is 5.85. The summed E-state index contributed by atoms with van der Waals surface area (Å²) in [6, 6.07) is 0.752. The van der Waals surface area contributed by atoms with E-state index in [1.54, 1.807) is 0 Å². The van der Waals surface area contributed by atoms with Gasteiger partial charge in [0.25, 0.3) is 0 Å². The second-order valence-electron chi connectivity index (χ2n) is 8.08. The third-order valence-corrected chi connectivity index (χ3v) is 5.37. The van der Waals surface area contributed by atoms with Crippen molar-refractivity contribution >= 4 is 0 Å². The Hall–Kier alpha value is -0.0400. The number of hydrogen-bond acceptors (Lipinski definition) is 1. The molecule has 0 bridgehead atoms. The SMILES string of the molecule is CCCNC(CC(C)C(C)(C)C)C1CCC(C)CC1. The van der Waals surface area contributed by atoms with Crippen molar-refractivity contribution in [2.45, 2.75) is 86.1 Å². The summed E-state index contributed by atoms with van der Waals surface area (Å²) in [7, 11) is 0. The maximum absolute atomic E-state index is 3.86. The van der Waals surface area contributed by atoms with E-state index in [1.165, 1.54) is 45.1 Å². The smallest absolute Gasteiger partial charge is 0.00980 e. The molecule has 19 heavy (non-hydrogen) atoms. The van der Waals surface area contributed by atoms with E-state index in [1.807, 2.05) is 0 Å². The lowest BCUT2D eigenvalue weighted by molar-refractivity contribution is 0.165. The molecule has 1 aliphatic carbocycles. The molecule has 0 heterocycles. The Balaban J connectivity index is 2.56. The van der Waals surface area contributed by atoms with Gasteiger partial charge in [0.1, 0.15) is 0 Å². The van der Waals surface area contributed by atoms with Crippen molar-refractivity contribution in [3.63, 3.8) is 0 Å². The van der Waals surface area contributed by atoms with Crippen molar-refractivity contribution in [2.75, 3.05) is 6.54 Å². The summed E-state index contributed by atoms with van der Waals surface area (Å²) < 4.78 is 0. The molecule has 0 saturated heterocycles. The van der Waals surface area contributed by atoms with Gasteiger partial charge in [-0.3, -0.25) is 0 Å². The molecule has 1 saturated carbocycles. The first-order chi connectivity index (χ1) is 8.84. The Morgan fingerprint density at radius 1 is 1.11 bits per heavy atom. The first-order valence-corrected chi connectivity index (χ1v) is 8.58. The monoisotopic (exact) mass is 267 g/mol. The average Bonchev–Trinajstić information content (AvgIpc) is 2.34. The Morgan fingerprint density at radius 3 is 2.16 bits per heavy atom. The Bertz CT molecular complexity index is 233. The van der Waals surface area contributed by atoms with Crippen molar-refractivity contribution in [1.82, 2.24) is 5.32 Å². The van der Waals surface area contributed by atoms with Crippen LogP contribution in [0.3, 0.4) is 0 Å². The highest BCUT2D eigenvalue weighted by molar-refractivity contribution is 4.84. The lowest BCUT2D eigenvalue weighted by Crippen LogP contribution is -2.41. The van der Waals surface area contributed by atoms with E-state index in [-0.39, 0.29) is 0 Å². The van der Waals surface area contributed by atoms with E-state index in [0.717, 1.165) is 23.8 Å². The van der Waals surface area contributed by atoms with Gasteiger partial charge in [0.15, 0.2) is 0 Å². The van der Waals surface area contributed by atoms with E-state index in [2.05, 4.69) is 46.9 Å². The van der Waals surface area contributed by atoms with Gasteiger partial charge in [0.05, 0.1) is 0 Å². The molecule has 1 fully saturated rings. The van der Waals surface area contributed by atoms with Crippen LogP contribution in [0.5, 0.6) is 0 Å². The quantitative estimate of drug-likeness (QED) is 0.693. The minimum absolute atomic E-state index is 0.439. The molecule has 2 unspecified atom stereocenters. The highest BCUT2D eigenvalue weighted by atomic mass is 14.9. The van der Waals surface area contributed by atoms with Gasteiger partial charge in [0, 0.05) is 6.04 Å². The number of rotatable bonds is 6. The molecule has 2 atom stereocenters. The number of nitrogens with one attached hydrogen (secondary N) is 1. The second-order valence-corrected chi connectivity index (χ2v) is 8.08. The van der Waals surface area contributed by atoms with Gasteiger partial charge in [-0.1, -0.05) is 54.4 Å². The predicted molar refractivity (Wildman–Crippen MR) is 86.4 cm³/mol. The first kappa shape index (κ1) is 17.0. The molecular formula is C18H37N. The topological polar surface area (TPSA) is 12.0 Å². The lowest BCUT2D eigenvalue weighted by atomic mass is 9.72. The highest BCUT2D eigenvalue weighted by Crippen LogP contribution is 2.36. The van der Waals surface area contributed by atoms with E-state index < -0.39 is 0 Å². The predicted octanol–water partition coefficient (Wildman–Crippen LogP) is 5.25. The zero-order valence-corrected chi connectivity index (χ0v) is 14.3. The molecular weight excluding hydrogens is 230 g/mol. The molecule has 0 aromatic carbocycles. The van der Waals surface area contributed by atoms with E-state index >= 15 is 0 Å². The van der Waals surface area contributed by atoms with Crippen LogP contribution >= 0.6 is 0 Å². The minimum Gasteiger partial charge on any atom is -0.314 e. The molecule has 1 rings (SSSR count). The zero-order chi connectivity index (χ0) is 14.5. The maximum atomic E-state index is 3.86. The largest absolute Gasteiger partial charge is 0.314 e. The molecule has 1 heteroatoms. The van der Waals surface area contributed by atoms with Gasteiger partial charge in [-0.05, 0) is 55.4 Å². The summed E-state index contributed by atoms with van der Waals surface area (Å²) in [5, 5.41) is 3.86. The Kier molecular flexibility index (Phi) is 6.86. The van der Waals surface area contributed by atoms with Crippen LogP contribution in [-0.4, -0.2) is 12.6 Å². The number of hydrogen-bond donors (Lipinski definition) is 1. The van der Waals surface area contributed by atoms with Gasteiger partial charge >= 0.3 is 0 Å². The molecule has 0 aromatic heterocycles. The third-order valence-electron chi connectivity index (χ3n) is 5.37. The molecule has 1 nitrogen and oxygen atoms in total. The van der Waals surface area contributed by atoms with Gasteiger partial charge in [-0.15, -0.1) is 0 Å². The van der Waals surface area contributed by atoms with E-state index in [4.69, 9.17) is 0 Å². The summed E-state index contributed by atoms with van der Waals surface area (Å²) in [4.78, 5) is 0. The minimum atomic E-state index is 0.439. The molecule has 114 valence electrons. The van der Waals surface area contributed by atoms with Crippen LogP contribution < -0.4 is 5.32 Å². The van der Waals surface area contributed by atoms with Crippen molar-refractivity contribution in [3.05, 3.63) is 0 Å². The van der Waals surface area contributed by atoms with Gasteiger partial charge < -0.3 is 5.32 Å². The van der Waals surface area contributed by atoms with E-state index in [0.29, 0.717) is 5.41 Å². The highest BCUT2D eigenvalue weighted by Gasteiger charge is 2.30. The van der Waals surface area contributed by atoms with Crippen LogP contribution in [0.15, 0.2) is 0 Å². The Morgan fingerprint density at radius 2 is 1.68 bits per heavy atom. The van der Waals surface area contributed by atoms with Gasteiger partial charge in [-0.2, -0.15) is 0 Å². The maximum Gasteiger partial charge on any atom is 0.00980 e. The summed E-state index contributed by atoms with van der Waals surface area (Å²) in [5.74, 6) is 2.68. The standard InChI is InChI=1S/C18H37N/c1-7-12-19-17(13-15(3)18(4,5)6)16-10-8-14(2)9-11-16/h14-17,19H,7-13H2,1-6H3. The van der Waals surface area contributed by atoms with Gasteiger partial charge in [0.2, 0.25) is 0 Å². The van der Waals surface area contributed by atoms with Gasteiger partial charge in [-0.25, -0.2) is 0 Å². The van der Waals surface area contributed by atoms with Crippen molar-refractivity contribution in [2.24, 2.45) is 23.2 Å². The molecule has 0 aromatic rings. The van der Waals surface area contributed by atoms with Crippen LogP contribution in [0, 0.1) is 23.2 Å². The summed E-state index contributed by atoms with van der Waals surface area (Å²) >= 11 is 0. The molecule has 0 aliphatic heterocycles. The van der Waals surface area contributed by atoms with Crippen LogP contribution in [-0.2, 0) is 0 Å². The second kappa shape index (κ2) is 7.67. The molecule has 0 spiro atoms. The van der Waals surface area contributed by atoms with E-state index in [9.17, 15) is 0 Å². The average molecular weight is 268 g/mol. The molecule has 1 N–H and O–H groups in total. The van der Waals surface area contributed by atoms with Crippen molar-refractivity contribution in [3.8, 4) is 0 Å². The fourth-order valence-electron chi connectivity index (χ4n) is 3.19. The fraction of sp³-hybridized carbons (Fsp3) is 1.00. The normalized spacial score (nSPS) is 28.1. The summed E-state index contributed by atoms with van der Waals surface area (Å²) in [5.41, 5.74) is 0.439. The van der Waals surface area contributed by atoms with Crippen LogP contribution in [0.2, 0.25) is 0 Å². The molecule has 0 radical (unpaired) electrons. The molecule has 0 amide bonds. The summed E-state index contributed by atoms with van der Waals surface area (Å²) in [6.07, 6.45) is 8.38. The molecule has 1 aliphatic rings. The first-order valence-electron chi connectivity index (χ1n) is 8.58. The fourth-order valence-corrected chi connectivity index (χ4v) is 3.19. The van der Waals surface area contributed by atoms with Crippen molar-refractivity contribution in [1.29, 1.82) is 0 Å². The summed E-state index contributed by atoms with van der Waals surface area (Å²) in [6.45, 7) is 15.5. The van der Waals surface area contributed by atoms with Crippen LogP contribution in [0.1, 0.15) is 80.1 Å². The van der Waals surface area contributed by atoms with Crippen molar-refractivity contribution < 1.29 is 0 Å². The zero-order valence-electron chi connectivity index (χ0n) is 14.3. The van der Waals surface area contributed by atoms with Crippen LogP contribution in [0.25, 0.3) is 0 Å². The van der Waals surface area contributed by atoms with Crippen LogP contribution in [0.4, 0.5) is 0 Å².